The number of allylic oxidation sites excluding steroid dienone is 1. The van der Waals surface area contributed by atoms with Crippen LogP contribution in [0, 0.1) is 0 Å². The fraction of sp³-hybridized carbons (Fsp3) is 0.238. The number of amides is 1. The SMILES string of the molecule is C/C=N\C=C(/C)c1ccnc(C(=O)Nc2cc(-c3nncn3C3CC3)ccn2)c1. The van der Waals surface area contributed by atoms with Gasteiger partial charge in [-0.1, -0.05) is 0 Å². The molecular formula is C21H21N7O. The Kier molecular flexibility index (Phi) is 5.24. The minimum absolute atomic E-state index is 0.309. The smallest absolute Gasteiger partial charge is 0.275 e. The molecule has 0 saturated heterocycles. The van der Waals surface area contributed by atoms with Crippen molar-refractivity contribution in [3.63, 3.8) is 0 Å². The van der Waals surface area contributed by atoms with Crippen LogP contribution in [0.25, 0.3) is 17.0 Å². The number of nitrogens with zero attached hydrogens (tertiary/aromatic N) is 6. The Morgan fingerprint density at radius 2 is 2.07 bits per heavy atom. The van der Waals surface area contributed by atoms with Crippen molar-refractivity contribution in [1.29, 1.82) is 0 Å². The summed E-state index contributed by atoms with van der Waals surface area (Å²) in [5.41, 5.74) is 3.00. The maximum Gasteiger partial charge on any atom is 0.275 e. The zero-order valence-electron chi connectivity index (χ0n) is 16.3. The van der Waals surface area contributed by atoms with E-state index < -0.39 is 0 Å². The molecule has 29 heavy (non-hydrogen) atoms. The minimum Gasteiger partial charge on any atom is -0.310 e. The van der Waals surface area contributed by atoms with E-state index in [4.69, 9.17) is 0 Å². The van der Waals surface area contributed by atoms with Gasteiger partial charge in [0.2, 0.25) is 0 Å². The molecule has 0 aliphatic heterocycles. The van der Waals surface area contributed by atoms with Crippen LogP contribution < -0.4 is 5.32 Å². The Morgan fingerprint density at radius 3 is 2.86 bits per heavy atom. The number of hydrogen-bond acceptors (Lipinski definition) is 6. The third-order valence-electron chi connectivity index (χ3n) is 4.64. The normalized spacial score (nSPS) is 14.3. The van der Waals surface area contributed by atoms with Gasteiger partial charge in [-0.05, 0) is 62.1 Å². The summed E-state index contributed by atoms with van der Waals surface area (Å²) in [7, 11) is 0. The van der Waals surface area contributed by atoms with Crippen LogP contribution in [0.3, 0.4) is 0 Å². The maximum absolute atomic E-state index is 12.7. The van der Waals surface area contributed by atoms with Gasteiger partial charge in [-0.15, -0.1) is 10.2 Å². The number of pyridine rings is 2. The number of nitrogens with one attached hydrogen (secondary N) is 1. The third kappa shape index (κ3) is 4.26. The largest absolute Gasteiger partial charge is 0.310 e. The van der Waals surface area contributed by atoms with Crippen LogP contribution in [0.1, 0.15) is 48.8 Å². The number of rotatable bonds is 6. The number of anilines is 1. The lowest BCUT2D eigenvalue weighted by molar-refractivity contribution is 0.102. The summed E-state index contributed by atoms with van der Waals surface area (Å²) < 4.78 is 2.07. The highest BCUT2D eigenvalue weighted by molar-refractivity contribution is 6.03. The molecule has 8 nitrogen and oxygen atoms in total. The van der Waals surface area contributed by atoms with Crippen molar-refractivity contribution in [2.45, 2.75) is 32.7 Å². The molecule has 0 spiro atoms. The van der Waals surface area contributed by atoms with E-state index in [2.05, 4.69) is 35.0 Å². The molecule has 0 atom stereocenters. The molecule has 1 aliphatic carbocycles. The Labute approximate surface area is 168 Å². The lowest BCUT2D eigenvalue weighted by Crippen LogP contribution is -2.15. The van der Waals surface area contributed by atoms with E-state index in [1.807, 2.05) is 26.0 Å². The lowest BCUT2D eigenvalue weighted by Gasteiger charge is -2.08. The Morgan fingerprint density at radius 1 is 1.24 bits per heavy atom. The average molecular weight is 387 g/mol. The van der Waals surface area contributed by atoms with Crippen LogP contribution in [0.4, 0.5) is 5.82 Å². The molecule has 0 bridgehead atoms. The molecular weight excluding hydrogens is 366 g/mol. The molecule has 8 heteroatoms. The van der Waals surface area contributed by atoms with Gasteiger partial charge in [-0.25, -0.2) is 4.98 Å². The van der Waals surface area contributed by atoms with E-state index in [9.17, 15) is 4.79 Å². The van der Waals surface area contributed by atoms with Gasteiger partial charge in [0.1, 0.15) is 17.8 Å². The van der Waals surface area contributed by atoms with Crippen molar-refractivity contribution in [3.05, 3.63) is 60.4 Å². The second-order valence-corrected chi connectivity index (χ2v) is 6.83. The summed E-state index contributed by atoms with van der Waals surface area (Å²) in [6.45, 7) is 3.79. The van der Waals surface area contributed by atoms with Gasteiger partial charge in [0, 0.05) is 36.4 Å². The second kappa shape index (κ2) is 8.14. The summed E-state index contributed by atoms with van der Waals surface area (Å²) in [6, 6.07) is 7.70. The highest BCUT2D eigenvalue weighted by atomic mass is 16.1. The van der Waals surface area contributed by atoms with Crippen LogP contribution in [-0.2, 0) is 0 Å². The number of aliphatic imine (C=N–C) groups is 1. The first-order valence-corrected chi connectivity index (χ1v) is 9.44. The quantitative estimate of drug-likeness (QED) is 0.649. The molecule has 3 aromatic heterocycles. The molecule has 0 unspecified atom stereocenters. The molecule has 1 amide bonds. The first-order valence-electron chi connectivity index (χ1n) is 9.44. The van der Waals surface area contributed by atoms with Gasteiger partial charge in [-0.3, -0.25) is 14.8 Å². The predicted octanol–water partition coefficient (Wildman–Crippen LogP) is 3.77. The number of hydrogen-bond donors (Lipinski definition) is 1. The van der Waals surface area contributed by atoms with Crippen molar-refractivity contribution in [3.8, 4) is 11.4 Å². The summed E-state index contributed by atoms with van der Waals surface area (Å²) in [4.78, 5) is 25.2. The van der Waals surface area contributed by atoms with Crippen molar-refractivity contribution < 1.29 is 4.79 Å². The van der Waals surface area contributed by atoms with Gasteiger partial charge in [0.05, 0.1) is 0 Å². The fourth-order valence-electron chi connectivity index (χ4n) is 2.95. The molecule has 146 valence electrons. The molecule has 1 fully saturated rings. The molecule has 3 heterocycles. The number of aromatic nitrogens is 5. The second-order valence-electron chi connectivity index (χ2n) is 6.83. The highest BCUT2D eigenvalue weighted by Crippen LogP contribution is 2.37. The van der Waals surface area contributed by atoms with E-state index in [1.54, 1.807) is 43.3 Å². The molecule has 1 saturated carbocycles. The van der Waals surface area contributed by atoms with E-state index >= 15 is 0 Å². The number of carbonyl (C=O) groups is 1. The first kappa shape index (κ1) is 18.7. The van der Waals surface area contributed by atoms with E-state index in [1.165, 1.54) is 0 Å². The topological polar surface area (TPSA) is 98.0 Å². The molecule has 0 aromatic carbocycles. The summed E-state index contributed by atoms with van der Waals surface area (Å²) in [6.07, 6.45) is 10.7. The zero-order valence-corrected chi connectivity index (χ0v) is 16.3. The van der Waals surface area contributed by atoms with Crippen molar-refractivity contribution >= 4 is 23.5 Å². The van der Waals surface area contributed by atoms with Crippen molar-refractivity contribution in [1.82, 2.24) is 24.7 Å². The molecule has 4 rings (SSSR count). The number of carbonyl (C=O) groups excluding carboxylic acids is 1. The third-order valence-corrected chi connectivity index (χ3v) is 4.64. The van der Waals surface area contributed by atoms with Crippen LogP contribution in [0.5, 0.6) is 0 Å². The van der Waals surface area contributed by atoms with Crippen molar-refractivity contribution in [2.75, 3.05) is 5.32 Å². The van der Waals surface area contributed by atoms with E-state index in [0.717, 1.165) is 35.4 Å². The van der Waals surface area contributed by atoms with Gasteiger partial charge < -0.3 is 9.88 Å². The van der Waals surface area contributed by atoms with Gasteiger partial charge in [-0.2, -0.15) is 0 Å². The first-order chi connectivity index (χ1) is 14.2. The molecule has 0 radical (unpaired) electrons. The monoisotopic (exact) mass is 387 g/mol. The zero-order chi connectivity index (χ0) is 20.2. The predicted molar refractivity (Wildman–Crippen MR) is 112 cm³/mol. The van der Waals surface area contributed by atoms with Crippen molar-refractivity contribution in [2.24, 2.45) is 4.99 Å². The van der Waals surface area contributed by atoms with Gasteiger partial charge >= 0.3 is 0 Å². The average Bonchev–Trinajstić information content (AvgIpc) is 3.48. The maximum atomic E-state index is 12.7. The lowest BCUT2D eigenvalue weighted by atomic mass is 10.1. The Balaban J connectivity index is 1.54. The van der Waals surface area contributed by atoms with E-state index in [0.29, 0.717) is 17.6 Å². The summed E-state index contributed by atoms with van der Waals surface area (Å²) in [5, 5.41) is 11.1. The molecule has 1 aliphatic rings. The summed E-state index contributed by atoms with van der Waals surface area (Å²) >= 11 is 0. The van der Waals surface area contributed by atoms with Crippen LogP contribution in [0.15, 0.2) is 54.2 Å². The molecule has 1 N–H and O–H groups in total. The summed E-state index contributed by atoms with van der Waals surface area (Å²) in [5.74, 6) is 0.891. The van der Waals surface area contributed by atoms with Crippen LogP contribution >= 0.6 is 0 Å². The standard InChI is InChI=1S/C21H21N7O/c1-3-22-12-14(2)15-6-8-23-18(10-15)21(29)26-19-11-16(7-9-24-19)20-27-25-13-28(20)17-4-5-17/h3,6-13,17H,4-5H2,1-2H3,(H,24,26,29)/b14-12+,22-3-. The van der Waals surface area contributed by atoms with Gasteiger partial charge in [0.25, 0.3) is 5.91 Å². The fourth-order valence-corrected chi connectivity index (χ4v) is 2.95. The Hall–Kier alpha value is -3.68. The van der Waals surface area contributed by atoms with Crippen LogP contribution in [0.2, 0.25) is 0 Å². The van der Waals surface area contributed by atoms with E-state index in [-0.39, 0.29) is 5.91 Å². The Bertz CT molecular complexity index is 1100. The van der Waals surface area contributed by atoms with Gasteiger partial charge in [0.15, 0.2) is 5.82 Å². The minimum atomic E-state index is -0.327. The highest BCUT2D eigenvalue weighted by Gasteiger charge is 2.26. The van der Waals surface area contributed by atoms with Crippen LogP contribution in [-0.4, -0.2) is 36.9 Å². The molecule has 3 aromatic rings.